The number of carbonyl (C=O) groups excluding carboxylic acids is 1. The van der Waals surface area contributed by atoms with Gasteiger partial charge in [0.25, 0.3) is 0 Å². The molecule has 0 saturated carbocycles. The Bertz CT molecular complexity index is 542. The monoisotopic (exact) mass is 203 g/mol. The van der Waals surface area contributed by atoms with Crippen molar-refractivity contribution in [1.82, 2.24) is 15.0 Å². The largest absolute Gasteiger partial charge is 0.513 e. The molecule has 0 unspecified atom stereocenters. The fourth-order valence-electron chi connectivity index (χ4n) is 1.34. The Labute approximate surface area is 85.6 Å². The number of fused-ring (bicyclic) bond motifs is 1. The van der Waals surface area contributed by atoms with Crippen LogP contribution < -0.4 is 0 Å². The molecule has 1 heterocycles. The first kappa shape index (κ1) is 9.39. The number of rotatable bonds is 2. The van der Waals surface area contributed by atoms with Crippen molar-refractivity contribution in [3.8, 4) is 0 Å². The van der Waals surface area contributed by atoms with Gasteiger partial charge in [-0.2, -0.15) is 0 Å². The predicted molar refractivity (Wildman–Crippen MR) is 55.1 cm³/mol. The zero-order valence-electron chi connectivity index (χ0n) is 8.08. The normalized spacial score (nSPS) is 11.9. The minimum absolute atomic E-state index is 0.101. The molecule has 5 heteroatoms. The Morgan fingerprint density at radius 2 is 2.20 bits per heavy atom. The third-order valence-electron chi connectivity index (χ3n) is 2.06. The van der Waals surface area contributed by atoms with Gasteiger partial charge < -0.3 is 5.11 Å². The Hall–Kier alpha value is -2.17. The topological polar surface area (TPSA) is 68.0 Å². The molecule has 2 rings (SSSR count). The second-order valence-electron chi connectivity index (χ2n) is 3.06. The van der Waals surface area contributed by atoms with Crippen LogP contribution >= 0.6 is 0 Å². The SMILES string of the molecule is CC(=O)/C(=C/O)n1nnc2ccccc21. The molecule has 0 saturated heterocycles. The summed E-state index contributed by atoms with van der Waals surface area (Å²) in [6.45, 7) is 1.36. The second-order valence-corrected chi connectivity index (χ2v) is 3.06. The summed E-state index contributed by atoms with van der Waals surface area (Å²) in [5, 5.41) is 16.6. The quantitative estimate of drug-likeness (QED) is 0.591. The van der Waals surface area contributed by atoms with Crippen molar-refractivity contribution in [3.05, 3.63) is 30.5 Å². The van der Waals surface area contributed by atoms with Gasteiger partial charge in [0.2, 0.25) is 0 Å². The van der Waals surface area contributed by atoms with Gasteiger partial charge in [0.15, 0.2) is 5.78 Å². The molecule has 0 aliphatic rings. The van der Waals surface area contributed by atoms with E-state index in [4.69, 9.17) is 5.11 Å². The van der Waals surface area contributed by atoms with Crippen LogP contribution in [0.4, 0.5) is 0 Å². The third-order valence-corrected chi connectivity index (χ3v) is 2.06. The number of allylic oxidation sites excluding steroid dienone is 1. The molecule has 15 heavy (non-hydrogen) atoms. The Kier molecular flexibility index (Phi) is 2.21. The van der Waals surface area contributed by atoms with Crippen molar-refractivity contribution in [2.45, 2.75) is 6.92 Å². The third kappa shape index (κ3) is 1.48. The van der Waals surface area contributed by atoms with E-state index >= 15 is 0 Å². The van der Waals surface area contributed by atoms with Crippen molar-refractivity contribution in [2.75, 3.05) is 0 Å². The fraction of sp³-hybridized carbons (Fsp3) is 0.100. The first-order valence-corrected chi connectivity index (χ1v) is 4.40. The number of ketones is 1. The number of aliphatic hydroxyl groups excluding tert-OH is 1. The number of aromatic nitrogens is 3. The van der Waals surface area contributed by atoms with E-state index in [-0.39, 0.29) is 11.5 Å². The number of aliphatic hydroxyl groups is 1. The Morgan fingerprint density at radius 1 is 1.47 bits per heavy atom. The van der Waals surface area contributed by atoms with E-state index in [1.54, 1.807) is 12.1 Å². The highest BCUT2D eigenvalue weighted by Gasteiger charge is 2.11. The van der Waals surface area contributed by atoms with Gasteiger partial charge in [-0.1, -0.05) is 17.3 Å². The van der Waals surface area contributed by atoms with E-state index in [1.165, 1.54) is 11.6 Å². The van der Waals surface area contributed by atoms with E-state index in [0.717, 1.165) is 6.26 Å². The average molecular weight is 203 g/mol. The number of para-hydroxylation sites is 1. The van der Waals surface area contributed by atoms with Crippen LogP contribution in [0.25, 0.3) is 16.7 Å². The van der Waals surface area contributed by atoms with E-state index in [0.29, 0.717) is 11.0 Å². The van der Waals surface area contributed by atoms with E-state index in [1.807, 2.05) is 12.1 Å². The van der Waals surface area contributed by atoms with Crippen LogP contribution in [0.2, 0.25) is 0 Å². The van der Waals surface area contributed by atoms with Crippen molar-refractivity contribution in [2.24, 2.45) is 0 Å². The molecule has 0 aliphatic carbocycles. The van der Waals surface area contributed by atoms with E-state index in [9.17, 15) is 4.79 Å². The first-order valence-electron chi connectivity index (χ1n) is 4.40. The second kappa shape index (κ2) is 3.53. The zero-order chi connectivity index (χ0) is 10.8. The summed E-state index contributed by atoms with van der Waals surface area (Å²) in [4.78, 5) is 11.2. The number of benzene rings is 1. The molecule has 0 amide bonds. The summed E-state index contributed by atoms with van der Waals surface area (Å²) in [6, 6.07) is 7.21. The van der Waals surface area contributed by atoms with Crippen molar-refractivity contribution in [1.29, 1.82) is 0 Å². The lowest BCUT2D eigenvalue weighted by Crippen LogP contribution is -2.07. The fourth-order valence-corrected chi connectivity index (χ4v) is 1.34. The highest BCUT2D eigenvalue weighted by Crippen LogP contribution is 2.14. The summed E-state index contributed by atoms with van der Waals surface area (Å²) in [6.07, 6.45) is 0.740. The molecule has 0 atom stereocenters. The van der Waals surface area contributed by atoms with Crippen LogP contribution in [-0.4, -0.2) is 25.9 Å². The van der Waals surface area contributed by atoms with Gasteiger partial charge in [0, 0.05) is 6.92 Å². The molecule has 0 fully saturated rings. The molecule has 76 valence electrons. The first-order chi connectivity index (χ1) is 7.24. The van der Waals surface area contributed by atoms with Crippen LogP contribution in [0.15, 0.2) is 30.5 Å². The van der Waals surface area contributed by atoms with Crippen LogP contribution in [-0.2, 0) is 4.79 Å². The van der Waals surface area contributed by atoms with E-state index < -0.39 is 0 Å². The van der Waals surface area contributed by atoms with Crippen LogP contribution in [0.5, 0.6) is 0 Å². The number of nitrogens with zero attached hydrogens (tertiary/aromatic N) is 3. The molecule has 0 radical (unpaired) electrons. The molecule has 2 aromatic rings. The molecular weight excluding hydrogens is 194 g/mol. The lowest BCUT2D eigenvalue weighted by molar-refractivity contribution is -0.112. The van der Waals surface area contributed by atoms with Crippen molar-refractivity contribution < 1.29 is 9.90 Å². The molecule has 0 spiro atoms. The summed E-state index contributed by atoms with van der Waals surface area (Å²) in [7, 11) is 0. The number of Topliss-reactive ketones (excluding diaryl/α,β-unsaturated/α-hetero) is 1. The number of hydrogen-bond acceptors (Lipinski definition) is 4. The Morgan fingerprint density at radius 3 is 2.87 bits per heavy atom. The van der Waals surface area contributed by atoms with Gasteiger partial charge in [-0.15, -0.1) is 5.10 Å². The smallest absolute Gasteiger partial charge is 0.181 e. The van der Waals surface area contributed by atoms with Gasteiger partial charge in [0.1, 0.15) is 17.5 Å². The standard InChI is InChI=1S/C10H9N3O2/c1-7(15)10(6-14)13-9-5-3-2-4-8(9)11-12-13/h2-6,14H,1H3/b10-6-. The maximum Gasteiger partial charge on any atom is 0.181 e. The maximum atomic E-state index is 11.2. The molecule has 0 aliphatic heterocycles. The summed E-state index contributed by atoms with van der Waals surface area (Å²) in [5.74, 6) is -0.270. The zero-order valence-corrected chi connectivity index (χ0v) is 8.08. The summed E-state index contributed by atoms with van der Waals surface area (Å²) >= 11 is 0. The van der Waals surface area contributed by atoms with Gasteiger partial charge >= 0.3 is 0 Å². The van der Waals surface area contributed by atoms with Crippen molar-refractivity contribution in [3.63, 3.8) is 0 Å². The van der Waals surface area contributed by atoms with Crippen LogP contribution in [0.3, 0.4) is 0 Å². The highest BCUT2D eigenvalue weighted by atomic mass is 16.2. The van der Waals surface area contributed by atoms with Gasteiger partial charge in [0.05, 0.1) is 5.52 Å². The molecule has 0 bridgehead atoms. The highest BCUT2D eigenvalue weighted by molar-refractivity contribution is 6.14. The number of carbonyl (C=O) groups is 1. The van der Waals surface area contributed by atoms with Crippen LogP contribution in [0.1, 0.15) is 6.92 Å². The molecule has 1 N–H and O–H groups in total. The lowest BCUT2D eigenvalue weighted by atomic mass is 10.3. The minimum atomic E-state index is -0.270. The van der Waals surface area contributed by atoms with Crippen LogP contribution in [0, 0.1) is 0 Å². The summed E-state index contributed by atoms with van der Waals surface area (Å²) < 4.78 is 1.32. The maximum absolute atomic E-state index is 11.2. The number of hydrogen-bond donors (Lipinski definition) is 1. The molecular formula is C10H9N3O2. The predicted octanol–water partition coefficient (Wildman–Crippen LogP) is 1.38. The minimum Gasteiger partial charge on any atom is -0.513 e. The van der Waals surface area contributed by atoms with Gasteiger partial charge in [-0.25, -0.2) is 4.68 Å². The lowest BCUT2D eigenvalue weighted by Gasteiger charge is -2.01. The van der Waals surface area contributed by atoms with Crippen molar-refractivity contribution >= 4 is 22.5 Å². The average Bonchev–Trinajstić information content (AvgIpc) is 2.63. The van der Waals surface area contributed by atoms with Gasteiger partial charge in [-0.3, -0.25) is 4.79 Å². The molecule has 1 aromatic heterocycles. The summed E-state index contributed by atoms with van der Waals surface area (Å²) in [5.41, 5.74) is 1.47. The molecule has 1 aromatic carbocycles. The Balaban J connectivity index is 2.67. The van der Waals surface area contributed by atoms with E-state index in [2.05, 4.69) is 10.3 Å². The molecule has 5 nitrogen and oxygen atoms in total. The van der Waals surface area contributed by atoms with Gasteiger partial charge in [-0.05, 0) is 12.1 Å².